The Balaban J connectivity index is 2.56. The van der Waals surface area contributed by atoms with Gasteiger partial charge >= 0.3 is 6.18 Å². The van der Waals surface area contributed by atoms with Crippen molar-refractivity contribution in [3.63, 3.8) is 0 Å². The highest BCUT2D eigenvalue weighted by molar-refractivity contribution is 9.10. The SMILES string of the molecule is COc1cc(C(F)(F)F)cc(Br)c1C1(CN)CCC1. The standard InChI is InChI=1S/C13H15BrF3NO/c1-19-10-6-8(13(15,16)17)5-9(14)11(10)12(7-18)3-2-4-12/h5-6H,2-4,7,18H2,1H3. The number of alkyl halides is 3. The van der Waals surface area contributed by atoms with E-state index in [-0.39, 0.29) is 11.2 Å². The maximum atomic E-state index is 12.8. The lowest BCUT2D eigenvalue weighted by Crippen LogP contribution is -2.42. The fraction of sp³-hybridized carbons (Fsp3) is 0.538. The summed E-state index contributed by atoms with van der Waals surface area (Å²) in [6, 6.07) is 2.16. The molecule has 0 atom stereocenters. The second-order valence-electron chi connectivity index (χ2n) is 4.87. The summed E-state index contributed by atoms with van der Waals surface area (Å²) in [5, 5.41) is 0. The molecular formula is C13H15BrF3NO. The van der Waals surface area contributed by atoms with E-state index in [1.54, 1.807) is 0 Å². The van der Waals surface area contributed by atoms with Gasteiger partial charge in [-0.05, 0) is 25.0 Å². The highest BCUT2D eigenvalue weighted by atomic mass is 79.9. The molecule has 0 unspecified atom stereocenters. The van der Waals surface area contributed by atoms with Crippen molar-refractivity contribution in [1.82, 2.24) is 0 Å². The normalized spacial score (nSPS) is 18.0. The second kappa shape index (κ2) is 4.98. The predicted molar refractivity (Wildman–Crippen MR) is 70.3 cm³/mol. The van der Waals surface area contributed by atoms with E-state index in [9.17, 15) is 13.2 Å². The van der Waals surface area contributed by atoms with Crippen molar-refractivity contribution in [1.29, 1.82) is 0 Å². The number of nitrogens with two attached hydrogens (primary N) is 1. The molecule has 0 saturated heterocycles. The van der Waals surface area contributed by atoms with Crippen molar-refractivity contribution in [2.24, 2.45) is 5.73 Å². The zero-order valence-electron chi connectivity index (χ0n) is 10.5. The maximum absolute atomic E-state index is 12.8. The summed E-state index contributed by atoms with van der Waals surface area (Å²) < 4.78 is 43.9. The van der Waals surface area contributed by atoms with Crippen LogP contribution in [0.25, 0.3) is 0 Å². The van der Waals surface area contributed by atoms with Crippen molar-refractivity contribution in [3.8, 4) is 5.75 Å². The van der Waals surface area contributed by atoms with Gasteiger partial charge in [-0.1, -0.05) is 22.4 Å². The average molecular weight is 338 g/mol. The molecule has 1 aliphatic rings. The number of methoxy groups -OCH3 is 1. The van der Waals surface area contributed by atoms with Crippen LogP contribution in [-0.4, -0.2) is 13.7 Å². The van der Waals surface area contributed by atoms with Gasteiger partial charge in [0, 0.05) is 22.0 Å². The number of halogens is 4. The van der Waals surface area contributed by atoms with Crippen LogP contribution in [0.2, 0.25) is 0 Å². The largest absolute Gasteiger partial charge is 0.496 e. The van der Waals surface area contributed by atoms with Crippen LogP contribution in [0.5, 0.6) is 5.75 Å². The molecule has 0 spiro atoms. The average Bonchev–Trinajstić information content (AvgIpc) is 2.28. The summed E-state index contributed by atoms with van der Waals surface area (Å²) in [6.07, 6.45) is -1.59. The number of rotatable bonds is 3. The lowest BCUT2D eigenvalue weighted by Gasteiger charge is -2.42. The first-order valence-electron chi connectivity index (χ1n) is 5.99. The van der Waals surface area contributed by atoms with Crippen molar-refractivity contribution in [2.45, 2.75) is 30.9 Å². The Morgan fingerprint density at radius 3 is 2.37 bits per heavy atom. The molecule has 19 heavy (non-hydrogen) atoms. The van der Waals surface area contributed by atoms with E-state index >= 15 is 0 Å². The molecule has 106 valence electrons. The van der Waals surface area contributed by atoms with E-state index in [1.165, 1.54) is 7.11 Å². The van der Waals surface area contributed by atoms with Crippen molar-refractivity contribution in [3.05, 3.63) is 27.7 Å². The Labute approximate surface area is 118 Å². The molecule has 0 amide bonds. The Hall–Kier alpha value is -0.750. The molecule has 1 aromatic rings. The summed E-state index contributed by atoms with van der Waals surface area (Å²) in [5.41, 5.74) is 5.61. The summed E-state index contributed by atoms with van der Waals surface area (Å²) in [5.74, 6) is 0.256. The first-order chi connectivity index (χ1) is 8.84. The van der Waals surface area contributed by atoms with Gasteiger partial charge in [0.15, 0.2) is 0 Å². The van der Waals surface area contributed by atoms with Crippen LogP contribution in [0.15, 0.2) is 16.6 Å². The Morgan fingerprint density at radius 2 is 2.00 bits per heavy atom. The predicted octanol–water partition coefficient (Wildman–Crippen LogP) is 3.86. The molecule has 1 aliphatic carbocycles. The zero-order chi connectivity index (χ0) is 14.3. The Morgan fingerprint density at radius 1 is 1.37 bits per heavy atom. The molecule has 0 bridgehead atoms. The molecule has 1 saturated carbocycles. The molecule has 1 fully saturated rings. The molecular weight excluding hydrogens is 323 g/mol. The summed E-state index contributed by atoms with van der Waals surface area (Å²) in [6.45, 7) is 0.410. The molecule has 0 radical (unpaired) electrons. The number of hydrogen-bond acceptors (Lipinski definition) is 2. The molecule has 2 rings (SSSR count). The van der Waals surface area contributed by atoms with Gasteiger partial charge < -0.3 is 10.5 Å². The Kier molecular flexibility index (Phi) is 3.84. The topological polar surface area (TPSA) is 35.2 Å². The Bertz CT molecular complexity index is 478. The van der Waals surface area contributed by atoms with E-state index in [1.807, 2.05) is 0 Å². The highest BCUT2D eigenvalue weighted by Crippen LogP contribution is 2.50. The zero-order valence-corrected chi connectivity index (χ0v) is 12.1. The van der Waals surface area contributed by atoms with Crippen molar-refractivity contribution >= 4 is 15.9 Å². The maximum Gasteiger partial charge on any atom is 0.416 e. The fourth-order valence-electron chi connectivity index (χ4n) is 2.58. The third-order valence-corrected chi connectivity index (χ3v) is 4.46. The van der Waals surface area contributed by atoms with Crippen LogP contribution >= 0.6 is 15.9 Å². The quantitative estimate of drug-likeness (QED) is 0.908. The lowest BCUT2D eigenvalue weighted by molar-refractivity contribution is -0.137. The third kappa shape index (κ3) is 2.48. The number of benzene rings is 1. The molecule has 2 nitrogen and oxygen atoms in total. The van der Waals surface area contributed by atoms with E-state index in [0.29, 0.717) is 11.0 Å². The summed E-state index contributed by atoms with van der Waals surface area (Å²) in [4.78, 5) is 0. The smallest absolute Gasteiger partial charge is 0.416 e. The van der Waals surface area contributed by atoms with Crippen LogP contribution in [0, 0.1) is 0 Å². The third-order valence-electron chi connectivity index (χ3n) is 3.83. The molecule has 6 heteroatoms. The minimum atomic E-state index is -4.39. The van der Waals surface area contributed by atoms with Gasteiger partial charge in [-0.3, -0.25) is 0 Å². The van der Waals surface area contributed by atoms with Gasteiger partial charge in [-0.2, -0.15) is 13.2 Å². The van der Waals surface area contributed by atoms with Crippen LogP contribution in [0.4, 0.5) is 13.2 Å². The highest BCUT2D eigenvalue weighted by Gasteiger charge is 2.42. The molecule has 0 heterocycles. The van der Waals surface area contributed by atoms with E-state index < -0.39 is 11.7 Å². The van der Waals surface area contributed by atoms with Crippen LogP contribution in [0.3, 0.4) is 0 Å². The number of ether oxygens (including phenoxy) is 1. The van der Waals surface area contributed by atoms with Gasteiger partial charge in [0.05, 0.1) is 12.7 Å². The minimum absolute atomic E-state index is 0.256. The monoisotopic (exact) mass is 337 g/mol. The number of hydrogen-bond donors (Lipinski definition) is 1. The fourth-order valence-corrected chi connectivity index (χ4v) is 3.44. The molecule has 0 aliphatic heterocycles. The van der Waals surface area contributed by atoms with Crippen LogP contribution in [0.1, 0.15) is 30.4 Å². The molecule has 2 N–H and O–H groups in total. The molecule has 0 aromatic heterocycles. The van der Waals surface area contributed by atoms with Gasteiger partial charge in [-0.15, -0.1) is 0 Å². The first-order valence-corrected chi connectivity index (χ1v) is 6.78. The van der Waals surface area contributed by atoms with Crippen molar-refractivity contribution in [2.75, 3.05) is 13.7 Å². The van der Waals surface area contributed by atoms with Crippen molar-refractivity contribution < 1.29 is 17.9 Å². The minimum Gasteiger partial charge on any atom is -0.496 e. The van der Waals surface area contributed by atoms with Crippen LogP contribution in [-0.2, 0) is 11.6 Å². The van der Waals surface area contributed by atoms with E-state index in [4.69, 9.17) is 10.5 Å². The van der Waals surface area contributed by atoms with Crippen LogP contribution < -0.4 is 10.5 Å². The van der Waals surface area contributed by atoms with E-state index in [2.05, 4.69) is 15.9 Å². The molecule has 1 aromatic carbocycles. The van der Waals surface area contributed by atoms with Gasteiger partial charge in [0.2, 0.25) is 0 Å². The van der Waals surface area contributed by atoms with E-state index in [0.717, 1.165) is 37.0 Å². The lowest BCUT2D eigenvalue weighted by atomic mass is 9.64. The van der Waals surface area contributed by atoms with Gasteiger partial charge in [-0.25, -0.2) is 0 Å². The van der Waals surface area contributed by atoms with Gasteiger partial charge in [0.1, 0.15) is 5.75 Å². The van der Waals surface area contributed by atoms with Gasteiger partial charge in [0.25, 0.3) is 0 Å². The summed E-state index contributed by atoms with van der Waals surface area (Å²) in [7, 11) is 1.38. The first kappa shape index (κ1) is 14.7. The summed E-state index contributed by atoms with van der Waals surface area (Å²) >= 11 is 3.25. The second-order valence-corrected chi connectivity index (χ2v) is 5.73.